The number of nitriles is 1. The summed E-state index contributed by atoms with van der Waals surface area (Å²) < 4.78 is 5.13. The van der Waals surface area contributed by atoms with Gasteiger partial charge in [0, 0.05) is 17.3 Å². The van der Waals surface area contributed by atoms with Crippen LogP contribution in [-0.2, 0) is 0 Å². The van der Waals surface area contributed by atoms with Gasteiger partial charge in [0.1, 0.15) is 16.8 Å². The van der Waals surface area contributed by atoms with E-state index in [2.05, 4.69) is 16.0 Å². The van der Waals surface area contributed by atoms with E-state index < -0.39 is 0 Å². The summed E-state index contributed by atoms with van der Waals surface area (Å²) in [5.74, 6) is 0.718. The van der Waals surface area contributed by atoms with Crippen molar-refractivity contribution in [2.75, 3.05) is 7.11 Å². The van der Waals surface area contributed by atoms with Gasteiger partial charge in [-0.1, -0.05) is 11.8 Å². The third-order valence-corrected chi connectivity index (χ3v) is 3.04. The Bertz CT molecular complexity index is 551. The van der Waals surface area contributed by atoms with Crippen molar-refractivity contribution < 1.29 is 4.74 Å². The van der Waals surface area contributed by atoms with Gasteiger partial charge in [-0.3, -0.25) is 4.98 Å². The number of hydrogen-bond donors (Lipinski definition) is 0. The van der Waals surface area contributed by atoms with Crippen LogP contribution >= 0.6 is 11.8 Å². The average molecular weight is 243 g/mol. The third kappa shape index (κ3) is 2.74. The van der Waals surface area contributed by atoms with E-state index in [0.717, 1.165) is 15.7 Å². The molecule has 0 saturated heterocycles. The number of methoxy groups -OCH3 is 1. The van der Waals surface area contributed by atoms with E-state index in [-0.39, 0.29) is 0 Å². The van der Waals surface area contributed by atoms with E-state index in [1.807, 2.05) is 6.07 Å². The Morgan fingerprint density at radius 1 is 1.35 bits per heavy atom. The molecular formula is C12H9N3OS. The topological polar surface area (TPSA) is 58.8 Å². The molecule has 0 N–H and O–H groups in total. The average Bonchev–Trinajstić information content (AvgIpc) is 2.40. The maximum Gasteiger partial charge on any atom is 0.120 e. The Morgan fingerprint density at radius 2 is 2.24 bits per heavy atom. The van der Waals surface area contributed by atoms with E-state index in [9.17, 15) is 0 Å². The van der Waals surface area contributed by atoms with Gasteiger partial charge in [0.05, 0.1) is 18.9 Å². The molecule has 1 aromatic carbocycles. The van der Waals surface area contributed by atoms with Gasteiger partial charge in [-0.2, -0.15) is 5.26 Å². The minimum atomic E-state index is 0.599. The maximum atomic E-state index is 9.02. The fraction of sp³-hybridized carbons (Fsp3) is 0.0833. The van der Waals surface area contributed by atoms with Crippen LogP contribution in [-0.4, -0.2) is 17.1 Å². The molecule has 0 spiro atoms. The van der Waals surface area contributed by atoms with E-state index in [1.54, 1.807) is 37.8 Å². The van der Waals surface area contributed by atoms with E-state index in [4.69, 9.17) is 10.00 Å². The minimum absolute atomic E-state index is 0.599. The van der Waals surface area contributed by atoms with Crippen molar-refractivity contribution in [3.63, 3.8) is 0 Å². The Hall–Kier alpha value is -2.06. The van der Waals surface area contributed by atoms with Crippen LogP contribution in [0.1, 0.15) is 5.56 Å². The Morgan fingerprint density at radius 3 is 2.88 bits per heavy atom. The second-order valence-corrected chi connectivity index (χ2v) is 4.18. The van der Waals surface area contributed by atoms with Gasteiger partial charge in [0.15, 0.2) is 0 Å². The lowest BCUT2D eigenvalue weighted by Gasteiger charge is -2.05. The predicted molar refractivity (Wildman–Crippen MR) is 63.9 cm³/mol. The minimum Gasteiger partial charge on any atom is -0.497 e. The molecule has 0 aliphatic rings. The number of ether oxygens (including phenoxy) is 1. The fourth-order valence-electron chi connectivity index (χ4n) is 1.26. The van der Waals surface area contributed by atoms with Gasteiger partial charge in [-0.15, -0.1) is 0 Å². The molecule has 4 nitrogen and oxygen atoms in total. The molecule has 0 bridgehead atoms. The maximum absolute atomic E-state index is 9.02. The van der Waals surface area contributed by atoms with Gasteiger partial charge >= 0.3 is 0 Å². The van der Waals surface area contributed by atoms with E-state index in [0.29, 0.717) is 5.56 Å². The summed E-state index contributed by atoms with van der Waals surface area (Å²) in [7, 11) is 1.60. The molecular weight excluding hydrogens is 234 g/mol. The number of hydrogen-bond acceptors (Lipinski definition) is 5. The summed E-state index contributed by atoms with van der Waals surface area (Å²) in [6, 6.07) is 7.46. The first-order valence-electron chi connectivity index (χ1n) is 4.85. The molecule has 1 aromatic heterocycles. The summed E-state index contributed by atoms with van der Waals surface area (Å²) in [6.45, 7) is 0. The lowest BCUT2D eigenvalue weighted by Crippen LogP contribution is -1.87. The van der Waals surface area contributed by atoms with Gasteiger partial charge < -0.3 is 4.74 Å². The fourth-order valence-corrected chi connectivity index (χ4v) is 2.11. The summed E-state index contributed by atoms with van der Waals surface area (Å²) in [6.07, 6.45) is 4.89. The van der Waals surface area contributed by atoms with Crippen molar-refractivity contribution in [3.05, 3.63) is 42.4 Å². The molecule has 0 atom stereocenters. The van der Waals surface area contributed by atoms with Crippen molar-refractivity contribution in [2.24, 2.45) is 0 Å². The van der Waals surface area contributed by atoms with Gasteiger partial charge in [0.25, 0.3) is 0 Å². The van der Waals surface area contributed by atoms with Crippen LogP contribution in [0.25, 0.3) is 0 Å². The molecule has 5 heteroatoms. The Balaban J connectivity index is 2.34. The molecule has 17 heavy (non-hydrogen) atoms. The molecule has 0 unspecified atom stereocenters. The van der Waals surface area contributed by atoms with Crippen LogP contribution in [0.5, 0.6) is 5.75 Å². The first kappa shape index (κ1) is 11.4. The van der Waals surface area contributed by atoms with Gasteiger partial charge in [-0.05, 0) is 18.2 Å². The number of rotatable bonds is 3. The van der Waals surface area contributed by atoms with Crippen LogP contribution < -0.4 is 4.74 Å². The van der Waals surface area contributed by atoms with Crippen LogP contribution in [0.15, 0.2) is 46.7 Å². The first-order valence-corrected chi connectivity index (χ1v) is 5.67. The molecule has 0 saturated carbocycles. The molecule has 84 valence electrons. The summed E-state index contributed by atoms with van der Waals surface area (Å²) in [5, 5.41) is 9.77. The zero-order valence-corrected chi connectivity index (χ0v) is 9.94. The molecule has 0 amide bonds. The lowest BCUT2D eigenvalue weighted by molar-refractivity contribution is 0.413. The van der Waals surface area contributed by atoms with Crippen molar-refractivity contribution in [3.8, 4) is 11.8 Å². The normalized spacial score (nSPS) is 9.65. The highest BCUT2D eigenvalue weighted by Crippen LogP contribution is 2.31. The van der Waals surface area contributed by atoms with Gasteiger partial charge in [-0.25, -0.2) is 4.98 Å². The monoisotopic (exact) mass is 243 g/mol. The molecule has 2 rings (SSSR count). The SMILES string of the molecule is COc1ccc(C#N)c(Sc2cnccn2)c1. The van der Waals surface area contributed by atoms with Crippen LogP contribution in [0.3, 0.4) is 0 Å². The first-order chi connectivity index (χ1) is 8.33. The molecule has 0 aliphatic carbocycles. The highest BCUT2D eigenvalue weighted by atomic mass is 32.2. The highest BCUT2D eigenvalue weighted by Gasteiger charge is 2.06. The van der Waals surface area contributed by atoms with Crippen molar-refractivity contribution >= 4 is 11.8 Å². The molecule has 0 radical (unpaired) electrons. The molecule has 0 fully saturated rings. The summed E-state index contributed by atoms with van der Waals surface area (Å²) in [5.41, 5.74) is 0.599. The standard InChI is InChI=1S/C12H9N3OS/c1-16-10-3-2-9(7-13)11(6-10)17-12-8-14-4-5-15-12/h2-6,8H,1H3. The zero-order chi connectivity index (χ0) is 12.1. The smallest absolute Gasteiger partial charge is 0.120 e. The highest BCUT2D eigenvalue weighted by molar-refractivity contribution is 7.99. The lowest BCUT2D eigenvalue weighted by atomic mass is 10.2. The quantitative estimate of drug-likeness (QED) is 0.829. The second-order valence-electron chi connectivity index (χ2n) is 3.12. The molecule has 2 aromatic rings. The van der Waals surface area contributed by atoms with Crippen molar-refractivity contribution in [1.29, 1.82) is 5.26 Å². The predicted octanol–water partition coefficient (Wildman–Crippen LogP) is 2.51. The number of benzene rings is 1. The van der Waals surface area contributed by atoms with Crippen molar-refractivity contribution in [1.82, 2.24) is 9.97 Å². The van der Waals surface area contributed by atoms with Crippen LogP contribution in [0, 0.1) is 11.3 Å². The Kier molecular flexibility index (Phi) is 3.58. The summed E-state index contributed by atoms with van der Waals surface area (Å²) in [4.78, 5) is 8.95. The largest absolute Gasteiger partial charge is 0.497 e. The number of nitrogens with zero attached hydrogens (tertiary/aromatic N) is 3. The van der Waals surface area contributed by atoms with Crippen LogP contribution in [0.2, 0.25) is 0 Å². The zero-order valence-electron chi connectivity index (χ0n) is 9.12. The van der Waals surface area contributed by atoms with Crippen molar-refractivity contribution in [2.45, 2.75) is 9.92 Å². The summed E-state index contributed by atoms with van der Waals surface area (Å²) >= 11 is 1.39. The third-order valence-electron chi connectivity index (χ3n) is 2.06. The van der Waals surface area contributed by atoms with Crippen LogP contribution in [0.4, 0.5) is 0 Å². The Labute approximate surface area is 103 Å². The van der Waals surface area contributed by atoms with E-state index in [1.165, 1.54) is 11.8 Å². The molecule has 0 aliphatic heterocycles. The van der Waals surface area contributed by atoms with Gasteiger partial charge in [0.2, 0.25) is 0 Å². The molecule has 1 heterocycles. The number of aromatic nitrogens is 2. The second kappa shape index (κ2) is 5.32. The van der Waals surface area contributed by atoms with E-state index >= 15 is 0 Å².